The number of hydrogen-bond acceptors (Lipinski definition) is 7. The summed E-state index contributed by atoms with van der Waals surface area (Å²) in [5, 5.41) is 5.19. The van der Waals surface area contributed by atoms with Gasteiger partial charge in [-0.3, -0.25) is 4.79 Å². The number of rotatable bonds is 4. The lowest BCUT2D eigenvalue weighted by Gasteiger charge is -2.24. The Bertz CT molecular complexity index is 1060. The smallest absolute Gasteiger partial charge is 0.244 e. The van der Waals surface area contributed by atoms with Crippen LogP contribution in [0.2, 0.25) is 0 Å². The van der Waals surface area contributed by atoms with E-state index in [0.29, 0.717) is 49.2 Å². The van der Waals surface area contributed by atoms with Crippen molar-refractivity contribution in [3.63, 3.8) is 0 Å². The number of amides is 1. The summed E-state index contributed by atoms with van der Waals surface area (Å²) in [6.45, 7) is 7.24. The molecule has 1 aromatic heterocycles. The zero-order valence-electron chi connectivity index (χ0n) is 17.2. The second-order valence-corrected chi connectivity index (χ2v) is 11.1. The molecule has 0 saturated carbocycles. The van der Waals surface area contributed by atoms with Crippen molar-refractivity contribution in [1.29, 1.82) is 0 Å². The van der Waals surface area contributed by atoms with Gasteiger partial charge >= 0.3 is 0 Å². The SMILES string of the molecule is CC(C)(C)c1csc(NC(=O)C2CCCN2S(=O)(=O)c2ccc3c(c2)OCCO3)n1. The first kappa shape index (κ1) is 21.1. The van der Waals surface area contributed by atoms with Crippen molar-refractivity contribution in [2.24, 2.45) is 0 Å². The zero-order chi connectivity index (χ0) is 21.5. The van der Waals surface area contributed by atoms with Crippen molar-refractivity contribution in [2.45, 2.75) is 50.0 Å². The fourth-order valence-electron chi connectivity index (χ4n) is 3.47. The van der Waals surface area contributed by atoms with Gasteiger partial charge in [0.05, 0.1) is 10.6 Å². The predicted molar refractivity (Wildman–Crippen MR) is 114 cm³/mol. The molecular weight excluding hydrogens is 426 g/mol. The summed E-state index contributed by atoms with van der Waals surface area (Å²) in [6, 6.07) is 3.78. The summed E-state index contributed by atoms with van der Waals surface area (Å²) in [6.07, 6.45) is 1.08. The van der Waals surface area contributed by atoms with E-state index in [-0.39, 0.29) is 16.2 Å². The molecule has 2 aliphatic rings. The largest absolute Gasteiger partial charge is 0.486 e. The normalized spacial score (nSPS) is 19.6. The molecule has 1 amide bonds. The van der Waals surface area contributed by atoms with Crippen LogP contribution in [0.3, 0.4) is 0 Å². The fourth-order valence-corrected chi connectivity index (χ4v) is 6.09. The van der Waals surface area contributed by atoms with Crippen molar-refractivity contribution in [1.82, 2.24) is 9.29 Å². The average Bonchev–Trinajstić information content (AvgIpc) is 3.37. The minimum atomic E-state index is -3.86. The topological polar surface area (TPSA) is 97.8 Å². The monoisotopic (exact) mass is 451 g/mol. The van der Waals surface area contributed by atoms with E-state index in [2.05, 4.69) is 10.3 Å². The van der Waals surface area contributed by atoms with Gasteiger partial charge in [-0.15, -0.1) is 11.3 Å². The van der Waals surface area contributed by atoms with Gasteiger partial charge in [-0.2, -0.15) is 4.31 Å². The number of hydrogen-bond donors (Lipinski definition) is 1. The molecule has 3 heterocycles. The Hall–Kier alpha value is -2.17. The van der Waals surface area contributed by atoms with E-state index in [1.54, 1.807) is 6.07 Å². The number of nitrogens with zero attached hydrogens (tertiary/aromatic N) is 2. The fraction of sp³-hybridized carbons (Fsp3) is 0.500. The Morgan fingerprint density at radius 1 is 1.23 bits per heavy atom. The minimum absolute atomic E-state index is 0.0933. The van der Waals surface area contributed by atoms with Crippen LogP contribution in [0.1, 0.15) is 39.3 Å². The predicted octanol–water partition coefficient (Wildman–Crippen LogP) is 3.00. The molecule has 4 rings (SSSR count). The summed E-state index contributed by atoms with van der Waals surface area (Å²) in [7, 11) is -3.86. The van der Waals surface area contributed by atoms with E-state index in [9.17, 15) is 13.2 Å². The molecule has 1 fully saturated rings. The zero-order valence-corrected chi connectivity index (χ0v) is 18.8. The van der Waals surface area contributed by atoms with Gasteiger partial charge in [0.1, 0.15) is 19.3 Å². The van der Waals surface area contributed by atoms with Gasteiger partial charge < -0.3 is 14.8 Å². The van der Waals surface area contributed by atoms with Crippen LogP contribution < -0.4 is 14.8 Å². The number of nitrogens with one attached hydrogen (secondary N) is 1. The van der Waals surface area contributed by atoms with Crippen LogP contribution in [0.4, 0.5) is 5.13 Å². The molecule has 0 aliphatic carbocycles. The maximum atomic E-state index is 13.3. The molecule has 0 bridgehead atoms. The Kier molecular flexibility index (Phi) is 5.50. The number of carbonyl (C=O) groups is 1. The van der Waals surface area contributed by atoms with E-state index in [1.807, 2.05) is 26.2 Å². The Labute approximate surface area is 180 Å². The third kappa shape index (κ3) is 4.03. The summed E-state index contributed by atoms with van der Waals surface area (Å²) in [5.41, 5.74) is 0.760. The van der Waals surface area contributed by atoms with E-state index in [4.69, 9.17) is 9.47 Å². The van der Waals surface area contributed by atoms with E-state index in [0.717, 1.165) is 5.69 Å². The Balaban J connectivity index is 1.54. The van der Waals surface area contributed by atoms with Crippen LogP contribution in [-0.4, -0.2) is 49.4 Å². The summed E-state index contributed by atoms with van der Waals surface area (Å²) in [4.78, 5) is 17.5. The molecule has 1 atom stereocenters. The maximum Gasteiger partial charge on any atom is 0.244 e. The number of fused-ring (bicyclic) bond motifs is 1. The van der Waals surface area contributed by atoms with Gasteiger partial charge in [0.15, 0.2) is 16.6 Å². The second kappa shape index (κ2) is 7.82. The van der Waals surface area contributed by atoms with E-state index >= 15 is 0 Å². The van der Waals surface area contributed by atoms with Crippen LogP contribution in [0.15, 0.2) is 28.5 Å². The number of carbonyl (C=O) groups excluding carboxylic acids is 1. The number of benzene rings is 1. The number of aromatic nitrogens is 1. The number of anilines is 1. The maximum absolute atomic E-state index is 13.3. The molecule has 8 nitrogen and oxygen atoms in total. The van der Waals surface area contributed by atoms with Crippen LogP contribution in [-0.2, 0) is 20.2 Å². The first-order valence-corrected chi connectivity index (χ1v) is 12.2. The van der Waals surface area contributed by atoms with Crippen molar-refractivity contribution in [2.75, 3.05) is 25.1 Å². The lowest BCUT2D eigenvalue weighted by molar-refractivity contribution is -0.119. The highest BCUT2D eigenvalue weighted by molar-refractivity contribution is 7.89. The van der Waals surface area contributed by atoms with Crippen LogP contribution in [0.5, 0.6) is 11.5 Å². The molecule has 1 N–H and O–H groups in total. The first-order chi connectivity index (χ1) is 14.2. The molecule has 10 heteroatoms. The van der Waals surface area contributed by atoms with Crippen molar-refractivity contribution in [3.05, 3.63) is 29.3 Å². The van der Waals surface area contributed by atoms with Crippen LogP contribution >= 0.6 is 11.3 Å². The molecule has 2 aromatic rings. The molecule has 30 heavy (non-hydrogen) atoms. The Morgan fingerprint density at radius 3 is 2.67 bits per heavy atom. The number of thiazole rings is 1. The minimum Gasteiger partial charge on any atom is -0.486 e. The molecular formula is C20H25N3O5S2. The lowest BCUT2D eigenvalue weighted by Crippen LogP contribution is -2.43. The third-order valence-corrected chi connectivity index (χ3v) is 7.79. The second-order valence-electron chi connectivity index (χ2n) is 8.36. The van der Waals surface area contributed by atoms with Crippen molar-refractivity contribution >= 4 is 32.4 Å². The summed E-state index contributed by atoms with van der Waals surface area (Å²) >= 11 is 1.34. The van der Waals surface area contributed by atoms with Gasteiger partial charge in [-0.05, 0) is 25.0 Å². The highest BCUT2D eigenvalue weighted by atomic mass is 32.2. The van der Waals surface area contributed by atoms with Gasteiger partial charge in [-0.25, -0.2) is 13.4 Å². The molecule has 0 radical (unpaired) electrons. The molecule has 162 valence electrons. The van der Waals surface area contributed by atoms with Crippen molar-refractivity contribution < 1.29 is 22.7 Å². The van der Waals surface area contributed by atoms with Crippen molar-refractivity contribution in [3.8, 4) is 11.5 Å². The average molecular weight is 452 g/mol. The quantitative estimate of drug-likeness (QED) is 0.767. The third-order valence-electron chi connectivity index (χ3n) is 5.13. The summed E-state index contributed by atoms with van der Waals surface area (Å²) < 4.78 is 38.8. The molecule has 1 unspecified atom stereocenters. The molecule has 1 saturated heterocycles. The molecule has 0 spiro atoms. The van der Waals surface area contributed by atoms with Crippen LogP contribution in [0, 0.1) is 0 Å². The molecule has 1 aromatic carbocycles. The highest BCUT2D eigenvalue weighted by Gasteiger charge is 2.40. The van der Waals surface area contributed by atoms with E-state index < -0.39 is 16.1 Å². The van der Waals surface area contributed by atoms with Gasteiger partial charge in [-0.1, -0.05) is 20.8 Å². The highest BCUT2D eigenvalue weighted by Crippen LogP contribution is 2.35. The lowest BCUT2D eigenvalue weighted by atomic mass is 9.93. The van der Waals surface area contributed by atoms with Gasteiger partial charge in [0, 0.05) is 23.4 Å². The first-order valence-electron chi connectivity index (χ1n) is 9.84. The standard InChI is InChI=1S/C20H25N3O5S2/c1-20(2,3)17-12-29-19(21-17)22-18(24)14-5-4-8-23(14)30(25,26)13-6-7-15-16(11-13)28-10-9-27-15/h6-7,11-12,14H,4-5,8-10H2,1-3H3,(H,21,22,24). The molecule has 2 aliphatic heterocycles. The van der Waals surface area contributed by atoms with Gasteiger partial charge in [0.25, 0.3) is 0 Å². The van der Waals surface area contributed by atoms with Gasteiger partial charge in [0.2, 0.25) is 15.9 Å². The van der Waals surface area contributed by atoms with Crippen LogP contribution in [0.25, 0.3) is 0 Å². The summed E-state index contributed by atoms with van der Waals surface area (Å²) in [5.74, 6) is 0.567. The Morgan fingerprint density at radius 2 is 1.97 bits per heavy atom. The number of ether oxygens (including phenoxy) is 2. The van der Waals surface area contributed by atoms with E-state index in [1.165, 1.54) is 27.8 Å². The number of sulfonamides is 1.